The van der Waals surface area contributed by atoms with Gasteiger partial charge in [-0.05, 0) is 18.2 Å². The number of imide groups is 1. The molecule has 0 bridgehead atoms. The van der Waals surface area contributed by atoms with Gasteiger partial charge in [-0.1, -0.05) is 6.07 Å². The molecule has 9 nitrogen and oxygen atoms in total. The average Bonchev–Trinajstić information content (AvgIpc) is 3.18. The Morgan fingerprint density at radius 2 is 1.75 bits per heavy atom. The summed E-state index contributed by atoms with van der Waals surface area (Å²) in [5, 5.41) is 0. The molecule has 0 unspecified atom stereocenters. The van der Waals surface area contributed by atoms with Crippen molar-refractivity contribution in [3.05, 3.63) is 29.8 Å². The first-order valence-corrected chi connectivity index (χ1v) is 7.74. The van der Waals surface area contributed by atoms with E-state index in [1.807, 2.05) is 5.48 Å². The van der Waals surface area contributed by atoms with E-state index in [0.29, 0.717) is 11.0 Å². The van der Waals surface area contributed by atoms with Crippen LogP contribution in [0.5, 0.6) is 0 Å². The summed E-state index contributed by atoms with van der Waals surface area (Å²) in [6.45, 7) is 0. The van der Waals surface area contributed by atoms with Crippen LogP contribution in [0.1, 0.15) is 5.56 Å². The summed E-state index contributed by atoms with van der Waals surface area (Å²) in [5.74, 6) is -6.39. The summed E-state index contributed by atoms with van der Waals surface area (Å²) in [6.07, 6.45) is -6.35. The summed E-state index contributed by atoms with van der Waals surface area (Å²) in [6, 6.07) is 3.49. The van der Waals surface area contributed by atoms with Crippen LogP contribution in [0.4, 0.5) is 18.9 Å². The standard InChI is InChI=1S/C16H13F3N2O7/c1-26-13(24)15(14(25)27-2)9-10(28-20-15)12(23)21(11(9)22)8-5-3-4-7(6-8)16(17,18)19/h3-6,9-10,20H,1-2H3/t9-,10+/m0/s1. The Kier molecular flexibility index (Phi) is 4.63. The van der Waals surface area contributed by atoms with Crippen LogP contribution < -0.4 is 10.4 Å². The number of hydrogen-bond acceptors (Lipinski definition) is 8. The summed E-state index contributed by atoms with van der Waals surface area (Å²) in [7, 11) is 1.88. The number of hydrogen-bond donors (Lipinski definition) is 1. The zero-order chi connectivity index (χ0) is 20.9. The second-order valence-corrected chi connectivity index (χ2v) is 5.97. The first kappa shape index (κ1) is 19.8. The molecule has 0 aromatic heterocycles. The summed E-state index contributed by atoms with van der Waals surface area (Å²) in [5.41, 5.74) is -1.90. The molecule has 1 aromatic rings. The predicted molar refractivity (Wildman–Crippen MR) is 82.2 cm³/mol. The molecule has 0 saturated carbocycles. The Balaban J connectivity index is 2.07. The largest absolute Gasteiger partial charge is 0.467 e. The van der Waals surface area contributed by atoms with Crippen molar-refractivity contribution in [3.63, 3.8) is 0 Å². The molecule has 2 heterocycles. The third-order valence-corrected chi connectivity index (χ3v) is 4.51. The number of methoxy groups -OCH3 is 2. The number of nitrogens with zero attached hydrogens (tertiary/aromatic N) is 1. The molecular formula is C16H13F3N2O7. The highest BCUT2D eigenvalue weighted by atomic mass is 19.4. The van der Waals surface area contributed by atoms with E-state index in [0.717, 1.165) is 32.4 Å². The van der Waals surface area contributed by atoms with Crippen LogP contribution in [0.25, 0.3) is 0 Å². The minimum atomic E-state index is -4.71. The van der Waals surface area contributed by atoms with Crippen molar-refractivity contribution in [1.82, 2.24) is 5.48 Å². The molecule has 2 aliphatic rings. The van der Waals surface area contributed by atoms with E-state index in [1.165, 1.54) is 0 Å². The molecule has 2 atom stereocenters. The van der Waals surface area contributed by atoms with Gasteiger partial charge in [0.1, 0.15) is 5.92 Å². The lowest BCUT2D eigenvalue weighted by atomic mass is 9.82. The van der Waals surface area contributed by atoms with Crippen LogP contribution in [0.3, 0.4) is 0 Å². The number of rotatable bonds is 3. The monoisotopic (exact) mass is 402 g/mol. The lowest BCUT2D eigenvalue weighted by Gasteiger charge is -2.26. The maximum Gasteiger partial charge on any atom is 0.416 e. The number of benzene rings is 1. The smallest absolute Gasteiger partial charge is 0.416 e. The minimum Gasteiger partial charge on any atom is -0.467 e. The van der Waals surface area contributed by atoms with Crippen molar-refractivity contribution in [1.29, 1.82) is 0 Å². The third-order valence-electron chi connectivity index (χ3n) is 4.51. The molecule has 2 aliphatic heterocycles. The summed E-state index contributed by atoms with van der Waals surface area (Å²) >= 11 is 0. The Bertz CT molecular complexity index is 854. The van der Waals surface area contributed by atoms with Crippen molar-refractivity contribution in [2.24, 2.45) is 5.92 Å². The number of esters is 2. The maximum absolute atomic E-state index is 13.0. The average molecular weight is 402 g/mol. The van der Waals surface area contributed by atoms with Crippen LogP contribution in [0, 0.1) is 5.92 Å². The fraction of sp³-hybridized carbons (Fsp3) is 0.375. The van der Waals surface area contributed by atoms with Gasteiger partial charge in [0.2, 0.25) is 5.91 Å². The number of halogens is 3. The predicted octanol–water partition coefficient (Wildman–Crippen LogP) is 0.183. The van der Waals surface area contributed by atoms with Crippen molar-refractivity contribution in [2.75, 3.05) is 19.1 Å². The van der Waals surface area contributed by atoms with Gasteiger partial charge >= 0.3 is 18.1 Å². The number of carbonyl (C=O) groups excluding carboxylic acids is 4. The molecule has 2 amide bonds. The van der Waals surface area contributed by atoms with Crippen LogP contribution in [0.2, 0.25) is 0 Å². The van der Waals surface area contributed by atoms with Crippen LogP contribution in [-0.2, 0) is 39.7 Å². The molecule has 28 heavy (non-hydrogen) atoms. The van der Waals surface area contributed by atoms with Gasteiger partial charge in [-0.15, -0.1) is 0 Å². The van der Waals surface area contributed by atoms with Crippen molar-refractivity contribution in [2.45, 2.75) is 17.8 Å². The molecular weight excluding hydrogens is 389 g/mol. The van der Waals surface area contributed by atoms with E-state index in [2.05, 4.69) is 9.47 Å². The SMILES string of the molecule is COC(=O)C1(C(=O)OC)NO[C@H]2C(=O)N(c3cccc(C(F)(F)F)c3)C(=O)[C@H]21. The zero-order valence-corrected chi connectivity index (χ0v) is 14.4. The van der Waals surface area contributed by atoms with Gasteiger partial charge in [0.25, 0.3) is 11.4 Å². The van der Waals surface area contributed by atoms with Gasteiger partial charge in [-0.2, -0.15) is 18.7 Å². The van der Waals surface area contributed by atoms with E-state index < -0.39 is 53.1 Å². The van der Waals surface area contributed by atoms with E-state index in [9.17, 15) is 32.3 Å². The minimum absolute atomic E-state index is 0.383. The van der Waals surface area contributed by atoms with Gasteiger partial charge < -0.3 is 9.47 Å². The highest BCUT2D eigenvalue weighted by Crippen LogP contribution is 2.41. The van der Waals surface area contributed by atoms with Gasteiger partial charge in [0, 0.05) is 0 Å². The molecule has 0 spiro atoms. The first-order valence-electron chi connectivity index (χ1n) is 7.74. The highest BCUT2D eigenvalue weighted by Gasteiger charge is 2.72. The van der Waals surface area contributed by atoms with Crippen LogP contribution in [0.15, 0.2) is 24.3 Å². The zero-order valence-electron chi connectivity index (χ0n) is 14.4. The van der Waals surface area contributed by atoms with E-state index >= 15 is 0 Å². The molecule has 0 aliphatic carbocycles. The summed E-state index contributed by atoms with van der Waals surface area (Å²) in [4.78, 5) is 55.5. The van der Waals surface area contributed by atoms with Gasteiger partial charge in [-0.25, -0.2) is 14.5 Å². The van der Waals surface area contributed by atoms with E-state index in [4.69, 9.17) is 4.84 Å². The lowest BCUT2D eigenvalue weighted by Crippen LogP contribution is -2.61. The molecule has 0 radical (unpaired) electrons. The molecule has 1 aromatic carbocycles. The fourth-order valence-corrected chi connectivity index (χ4v) is 3.22. The van der Waals surface area contributed by atoms with Gasteiger partial charge in [0.05, 0.1) is 25.5 Å². The lowest BCUT2D eigenvalue weighted by molar-refractivity contribution is -0.169. The Hall–Kier alpha value is -2.99. The van der Waals surface area contributed by atoms with Crippen molar-refractivity contribution in [3.8, 4) is 0 Å². The second-order valence-electron chi connectivity index (χ2n) is 5.97. The number of ether oxygens (including phenoxy) is 2. The Labute approximate surface area is 155 Å². The normalized spacial score (nSPS) is 23.5. The Morgan fingerprint density at radius 1 is 1.14 bits per heavy atom. The van der Waals surface area contributed by atoms with Crippen molar-refractivity contribution >= 4 is 29.4 Å². The number of carbonyl (C=O) groups is 4. The summed E-state index contributed by atoms with van der Waals surface area (Å²) < 4.78 is 48.0. The van der Waals surface area contributed by atoms with E-state index in [-0.39, 0.29) is 5.69 Å². The number of fused-ring (bicyclic) bond motifs is 1. The highest BCUT2D eigenvalue weighted by molar-refractivity contribution is 6.27. The number of amides is 2. The number of alkyl halides is 3. The third kappa shape index (κ3) is 2.64. The first-order chi connectivity index (χ1) is 13.1. The van der Waals surface area contributed by atoms with Crippen LogP contribution >= 0.6 is 0 Å². The Morgan fingerprint density at radius 3 is 2.29 bits per heavy atom. The quantitative estimate of drug-likeness (QED) is 0.433. The number of anilines is 1. The number of hydroxylamine groups is 1. The molecule has 1 N–H and O–H groups in total. The maximum atomic E-state index is 13.0. The molecule has 2 fully saturated rings. The molecule has 2 saturated heterocycles. The van der Waals surface area contributed by atoms with Crippen LogP contribution in [-0.4, -0.2) is 49.6 Å². The van der Waals surface area contributed by atoms with Gasteiger partial charge in [-0.3, -0.25) is 14.4 Å². The topological polar surface area (TPSA) is 111 Å². The van der Waals surface area contributed by atoms with Gasteiger partial charge in [0.15, 0.2) is 6.10 Å². The molecule has 150 valence electrons. The van der Waals surface area contributed by atoms with Crippen molar-refractivity contribution < 1.29 is 46.7 Å². The molecule has 3 rings (SSSR count). The van der Waals surface area contributed by atoms with E-state index in [1.54, 1.807) is 0 Å². The molecule has 12 heteroatoms. The second kappa shape index (κ2) is 6.56. The fourth-order valence-electron chi connectivity index (χ4n) is 3.22. The number of nitrogens with one attached hydrogen (secondary N) is 1.